The zero-order valence-corrected chi connectivity index (χ0v) is 10.6. The maximum atomic E-state index is 10.8. The number of carbonyl (C=O) groups is 1. The van der Waals surface area contributed by atoms with Gasteiger partial charge >= 0.3 is 5.97 Å². The smallest absolute Gasteiger partial charge is 0.305 e. The minimum absolute atomic E-state index is 0.125. The van der Waals surface area contributed by atoms with Crippen molar-refractivity contribution >= 4 is 11.7 Å². The van der Waals surface area contributed by atoms with E-state index in [4.69, 9.17) is 5.11 Å². The fraction of sp³-hybridized carbons (Fsp3) is 0.200. The summed E-state index contributed by atoms with van der Waals surface area (Å²) in [6.45, 7) is 1.17. The first-order valence-electron chi connectivity index (χ1n) is 6.16. The molecule has 0 aliphatic carbocycles. The third-order valence-electron chi connectivity index (χ3n) is 2.84. The summed E-state index contributed by atoms with van der Waals surface area (Å²) in [6.07, 6.45) is 3.62. The van der Waals surface area contributed by atoms with Crippen molar-refractivity contribution in [2.75, 3.05) is 11.4 Å². The zero-order chi connectivity index (χ0) is 13.5. The van der Waals surface area contributed by atoms with Crippen LogP contribution < -0.4 is 4.90 Å². The second-order valence-corrected chi connectivity index (χ2v) is 4.26. The normalized spacial score (nSPS) is 10.1. The van der Waals surface area contributed by atoms with Crippen molar-refractivity contribution < 1.29 is 9.90 Å². The molecule has 0 unspecified atom stereocenters. The van der Waals surface area contributed by atoms with Gasteiger partial charge in [-0.3, -0.25) is 9.78 Å². The highest BCUT2D eigenvalue weighted by Gasteiger charge is 2.09. The number of carboxylic acids is 1. The summed E-state index contributed by atoms with van der Waals surface area (Å²) in [6, 6.07) is 13.7. The molecule has 2 aromatic rings. The number of rotatable bonds is 6. The molecule has 0 aliphatic heterocycles. The summed E-state index contributed by atoms with van der Waals surface area (Å²) in [7, 11) is 0. The van der Waals surface area contributed by atoms with E-state index in [-0.39, 0.29) is 6.42 Å². The second-order valence-electron chi connectivity index (χ2n) is 4.26. The van der Waals surface area contributed by atoms with Crippen LogP contribution in [-0.4, -0.2) is 22.6 Å². The van der Waals surface area contributed by atoms with E-state index in [1.165, 1.54) is 0 Å². The van der Waals surface area contributed by atoms with Crippen LogP contribution in [0.4, 0.5) is 5.69 Å². The Bertz CT molecular complexity index is 514. The summed E-state index contributed by atoms with van der Waals surface area (Å²) < 4.78 is 0. The Morgan fingerprint density at radius 2 is 1.79 bits per heavy atom. The Balaban J connectivity index is 2.12. The molecule has 0 bridgehead atoms. The lowest BCUT2D eigenvalue weighted by molar-refractivity contribution is -0.136. The minimum Gasteiger partial charge on any atom is -0.481 e. The number of para-hydroxylation sites is 1. The molecular formula is C15H16N2O2. The van der Waals surface area contributed by atoms with Crippen LogP contribution >= 0.6 is 0 Å². The van der Waals surface area contributed by atoms with E-state index in [1.807, 2.05) is 42.5 Å². The van der Waals surface area contributed by atoms with Crippen molar-refractivity contribution in [1.29, 1.82) is 0 Å². The molecule has 0 saturated carbocycles. The van der Waals surface area contributed by atoms with Gasteiger partial charge in [0.1, 0.15) is 0 Å². The highest BCUT2D eigenvalue weighted by molar-refractivity contribution is 5.67. The van der Waals surface area contributed by atoms with Crippen molar-refractivity contribution in [2.24, 2.45) is 0 Å². The lowest BCUT2D eigenvalue weighted by atomic mass is 10.2. The number of anilines is 1. The van der Waals surface area contributed by atoms with Gasteiger partial charge in [-0.15, -0.1) is 0 Å². The number of benzene rings is 1. The maximum absolute atomic E-state index is 10.8. The summed E-state index contributed by atoms with van der Waals surface area (Å²) >= 11 is 0. The van der Waals surface area contributed by atoms with Gasteiger partial charge in [0.05, 0.1) is 6.42 Å². The summed E-state index contributed by atoms with van der Waals surface area (Å²) in [5, 5.41) is 8.84. The lowest BCUT2D eigenvalue weighted by Crippen LogP contribution is -2.25. The molecular weight excluding hydrogens is 240 g/mol. The van der Waals surface area contributed by atoms with Crippen molar-refractivity contribution in [3.63, 3.8) is 0 Å². The van der Waals surface area contributed by atoms with Gasteiger partial charge in [-0.05, 0) is 29.8 Å². The van der Waals surface area contributed by atoms with Gasteiger partial charge < -0.3 is 10.0 Å². The first-order chi connectivity index (χ1) is 9.25. The van der Waals surface area contributed by atoms with E-state index in [0.717, 1.165) is 11.3 Å². The highest BCUT2D eigenvalue weighted by atomic mass is 16.4. The maximum Gasteiger partial charge on any atom is 0.305 e. The van der Waals surface area contributed by atoms with Crippen LogP contribution in [-0.2, 0) is 11.3 Å². The first-order valence-corrected chi connectivity index (χ1v) is 6.16. The molecule has 0 saturated heterocycles. The predicted octanol–water partition coefficient (Wildman–Crippen LogP) is 2.56. The molecule has 0 amide bonds. The lowest BCUT2D eigenvalue weighted by Gasteiger charge is -2.24. The molecule has 98 valence electrons. The largest absolute Gasteiger partial charge is 0.481 e. The van der Waals surface area contributed by atoms with Gasteiger partial charge in [0.25, 0.3) is 0 Å². The minimum atomic E-state index is -0.782. The van der Waals surface area contributed by atoms with Crippen molar-refractivity contribution in [3.05, 3.63) is 60.4 Å². The van der Waals surface area contributed by atoms with Gasteiger partial charge in [0, 0.05) is 31.2 Å². The summed E-state index contributed by atoms with van der Waals surface area (Å²) in [5.74, 6) is -0.782. The zero-order valence-electron chi connectivity index (χ0n) is 10.6. The number of pyridine rings is 1. The Morgan fingerprint density at radius 1 is 1.11 bits per heavy atom. The standard InChI is InChI=1S/C15H16N2O2/c18-15(19)8-11-17(14-4-2-1-3-5-14)12-13-6-9-16-10-7-13/h1-7,9-10H,8,11-12H2,(H,18,19). The molecule has 19 heavy (non-hydrogen) atoms. The van der Waals surface area contributed by atoms with E-state index in [9.17, 15) is 4.79 Å². The molecule has 4 nitrogen and oxygen atoms in total. The SMILES string of the molecule is O=C(O)CCN(Cc1ccncc1)c1ccccc1. The number of hydrogen-bond acceptors (Lipinski definition) is 3. The van der Waals surface area contributed by atoms with Crippen molar-refractivity contribution in [2.45, 2.75) is 13.0 Å². The van der Waals surface area contributed by atoms with Crippen LogP contribution in [0, 0.1) is 0 Å². The molecule has 4 heteroatoms. The van der Waals surface area contributed by atoms with Gasteiger partial charge in [-0.1, -0.05) is 18.2 Å². The molecule has 0 fully saturated rings. The topological polar surface area (TPSA) is 53.4 Å². The van der Waals surface area contributed by atoms with Gasteiger partial charge in [0.15, 0.2) is 0 Å². The van der Waals surface area contributed by atoms with E-state index in [0.29, 0.717) is 13.1 Å². The van der Waals surface area contributed by atoms with Crippen LogP contribution in [0.1, 0.15) is 12.0 Å². The van der Waals surface area contributed by atoms with Crippen molar-refractivity contribution in [3.8, 4) is 0 Å². The summed E-state index contributed by atoms with van der Waals surface area (Å²) in [5.41, 5.74) is 2.14. The van der Waals surface area contributed by atoms with E-state index < -0.39 is 5.97 Å². The van der Waals surface area contributed by atoms with Crippen molar-refractivity contribution in [1.82, 2.24) is 4.98 Å². The molecule has 1 aromatic heterocycles. The average molecular weight is 256 g/mol. The molecule has 1 heterocycles. The Labute approximate surface area is 112 Å². The van der Waals surface area contributed by atoms with Crippen LogP contribution in [0.15, 0.2) is 54.9 Å². The molecule has 2 rings (SSSR count). The Kier molecular flexibility index (Phi) is 4.50. The van der Waals surface area contributed by atoms with Gasteiger partial charge in [-0.25, -0.2) is 0 Å². The van der Waals surface area contributed by atoms with Crippen LogP contribution in [0.5, 0.6) is 0 Å². The monoisotopic (exact) mass is 256 g/mol. The third kappa shape index (κ3) is 4.10. The molecule has 1 aromatic carbocycles. The van der Waals surface area contributed by atoms with Crippen LogP contribution in [0.2, 0.25) is 0 Å². The number of hydrogen-bond donors (Lipinski definition) is 1. The average Bonchev–Trinajstić information content (AvgIpc) is 2.45. The van der Waals surface area contributed by atoms with Crippen LogP contribution in [0.3, 0.4) is 0 Å². The molecule has 0 radical (unpaired) electrons. The van der Waals surface area contributed by atoms with Gasteiger partial charge in [-0.2, -0.15) is 0 Å². The Hall–Kier alpha value is -2.36. The van der Waals surface area contributed by atoms with Crippen LogP contribution in [0.25, 0.3) is 0 Å². The number of carboxylic acid groups (broad SMARTS) is 1. The fourth-order valence-corrected chi connectivity index (χ4v) is 1.88. The third-order valence-corrected chi connectivity index (χ3v) is 2.84. The summed E-state index contributed by atoms with van der Waals surface area (Å²) in [4.78, 5) is 16.8. The van der Waals surface area contributed by atoms with E-state index >= 15 is 0 Å². The number of aliphatic carboxylic acids is 1. The molecule has 0 atom stereocenters. The highest BCUT2D eigenvalue weighted by Crippen LogP contribution is 2.16. The number of nitrogens with zero attached hydrogens (tertiary/aromatic N) is 2. The Morgan fingerprint density at radius 3 is 2.42 bits per heavy atom. The molecule has 0 aliphatic rings. The fourth-order valence-electron chi connectivity index (χ4n) is 1.88. The quantitative estimate of drug-likeness (QED) is 0.863. The predicted molar refractivity (Wildman–Crippen MR) is 74.0 cm³/mol. The van der Waals surface area contributed by atoms with E-state index in [1.54, 1.807) is 12.4 Å². The number of aromatic nitrogens is 1. The molecule has 1 N–H and O–H groups in total. The first kappa shape index (κ1) is 13.1. The van der Waals surface area contributed by atoms with E-state index in [2.05, 4.69) is 9.88 Å². The second kappa shape index (κ2) is 6.54. The van der Waals surface area contributed by atoms with Gasteiger partial charge in [0.2, 0.25) is 0 Å². The molecule has 0 spiro atoms.